The summed E-state index contributed by atoms with van der Waals surface area (Å²) in [6, 6.07) is 1.96. The average molecular weight is 358 g/mol. The molecule has 0 fully saturated rings. The molecule has 1 rings (SSSR count). The summed E-state index contributed by atoms with van der Waals surface area (Å²) in [5, 5.41) is 10.1. The highest BCUT2D eigenvalue weighted by atomic mass is 79.9. The molecule has 0 aliphatic heterocycles. The second kappa shape index (κ2) is 6.35. The fourth-order valence-electron chi connectivity index (χ4n) is 1.32. The summed E-state index contributed by atoms with van der Waals surface area (Å²) in [6.45, 7) is 2.71. The molecule has 2 unspecified atom stereocenters. The van der Waals surface area contributed by atoms with Gasteiger partial charge in [-0.2, -0.15) is 0 Å². The van der Waals surface area contributed by atoms with E-state index in [-0.39, 0.29) is 5.92 Å². The van der Waals surface area contributed by atoms with Gasteiger partial charge in [0.2, 0.25) is 0 Å². The number of hydrogen-bond donors (Lipinski definition) is 1. The van der Waals surface area contributed by atoms with E-state index in [1.807, 2.05) is 13.0 Å². The lowest BCUT2D eigenvalue weighted by molar-refractivity contribution is 0.0884. The number of aliphatic hydroxyl groups is 1. The lowest BCUT2D eigenvalue weighted by Gasteiger charge is -2.17. The van der Waals surface area contributed by atoms with Gasteiger partial charge in [0.1, 0.15) is 0 Å². The Morgan fingerprint density at radius 1 is 1.53 bits per heavy atom. The first kappa shape index (κ1) is 13.6. The van der Waals surface area contributed by atoms with Crippen molar-refractivity contribution in [1.82, 2.24) is 0 Å². The molecule has 0 bridgehead atoms. The van der Waals surface area contributed by atoms with E-state index in [4.69, 9.17) is 4.74 Å². The largest absolute Gasteiger partial charge is 0.388 e. The van der Waals surface area contributed by atoms with Gasteiger partial charge >= 0.3 is 0 Å². The van der Waals surface area contributed by atoms with Crippen LogP contribution in [0.5, 0.6) is 0 Å². The Hall–Kier alpha value is 0.580. The molecule has 0 spiro atoms. The standard InChI is InChI=1S/C10H14Br2O2S/c1-6(3-4-14-2)9(13)7-5-8(11)15-10(7)12/h5-6,9,13H,3-4H2,1-2H3. The minimum atomic E-state index is -0.433. The molecule has 0 aromatic carbocycles. The molecule has 2 atom stereocenters. The smallest absolute Gasteiger partial charge is 0.0835 e. The van der Waals surface area contributed by atoms with Crippen LogP contribution in [0.15, 0.2) is 13.6 Å². The van der Waals surface area contributed by atoms with Crippen molar-refractivity contribution < 1.29 is 9.84 Å². The molecular formula is C10H14Br2O2S. The first-order valence-corrected chi connectivity index (χ1v) is 7.08. The van der Waals surface area contributed by atoms with Crippen molar-refractivity contribution in [2.45, 2.75) is 19.4 Å². The van der Waals surface area contributed by atoms with E-state index in [9.17, 15) is 5.11 Å². The SMILES string of the molecule is COCCC(C)C(O)c1cc(Br)sc1Br. The zero-order chi connectivity index (χ0) is 11.4. The van der Waals surface area contributed by atoms with E-state index in [1.54, 1.807) is 18.4 Å². The number of aliphatic hydroxyl groups excluding tert-OH is 1. The summed E-state index contributed by atoms with van der Waals surface area (Å²) in [6.07, 6.45) is 0.425. The van der Waals surface area contributed by atoms with Crippen LogP contribution in [0.1, 0.15) is 25.0 Å². The van der Waals surface area contributed by atoms with Gasteiger partial charge in [0.25, 0.3) is 0 Å². The zero-order valence-electron chi connectivity index (χ0n) is 8.67. The van der Waals surface area contributed by atoms with Crippen LogP contribution >= 0.6 is 43.2 Å². The van der Waals surface area contributed by atoms with E-state index < -0.39 is 6.10 Å². The van der Waals surface area contributed by atoms with E-state index in [2.05, 4.69) is 31.9 Å². The molecule has 1 N–H and O–H groups in total. The van der Waals surface area contributed by atoms with Crippen LogP contribution in [0.4, 0.5) is 0 Å². The van der Waals surface area contributed by atoms with Crippen molar-refractivity contribution in [1.29, 1.82) is 0 Å². The molecule has 1 aromatic rings. The highest BCUT2D eigenvalue weighted by Gasteiger charge is 2.20. The fraction of sp³-hybridized carbons (Fsp3) is 0.600. The molecule has 86 valence electrons. The predicted octanol–water partition coefficient (Wildman–Crippen LogP) is 3.98. The molecule has 0 radical (unpaired) electrons. The number of thiophene rings is 1. The summed E-state index contributed by atoms with van der Waals surface area (Å²) in [5.41, 5.74) is 0.954. The van der Waals surface area contributed by atoms with Crippen LogP contribution in [-0.2, 0) is 4.74 Å². The Kier molecular flexibility index (Phi) is 5.77. The van der Waals surface area contributed by atoms with Crippen LogP contribution in [0, 0.1) is 5.92 Å². The van der Waals surface area contributed by atoms with Crippen molar-refractivity contribution in [2.75, 3.05) is 13.7 Å². The van der Waals surface area contributed by atoms with Gasteiger partial charge in [0.05, 0.1) is 13.7 Å². The summed E-state index contributed by atoms with van der Waals surface area (Å²) in [7, 11) is 1.68. The fourth-order valence-corrected chi connectivity index (χ4v) is 4.23. The number of ether oxygens (including phenoxy) is 1. The molecule has 1 heterocycles. The lowest BCUT2D eigenvalue weighted by Crippen LogP contribution is -2.11. The second-order valence-electron chi connectivity index (χ2n) is 3.48. The highest BCUT2D eigenvalue weighted by Crippen LogP contribution is 2.38. The summed E-state index contributed by atoms with van der Waals surface area (Å²) in [4.78, 5) is 0. The van der Waals surface area contributed by atoms with Crippen LogP contribution in [-0.4, -0.2) is 18.8 Å². The number of methoxy groups -OCH3 is 1. The Balaban J connectivity index is 2.66. The topological polar surface area (TPSA) is 29.5 Å². The van der Waals surface area contributed by atoms with E-state index >= 15 is 0 Å². The molecule has 2 nitrogen and oxygen atoms in total. The average Bonchev–Trinajstić information content (AvgIpc) is 2.53. The van der Waals surface area contributed by atoms with E-state index in [1.165, 1.54) is 0 Å². The first-order chi connectivity index (χ1) is 7.06. The lowest BCUT2D eigenvalue weighted by atomic mass is 9.97. The quantitative estimate of drug-likeness (QED) is 0.863. The molecule has 0 saturated heterocycles. The minimum absolute atomic E-state index is 0.197. The van der Waals surface area contributed by atoms with Crippen molar-refractivity contribution in [2.24, 2.45) is 5.92 Å². The summed E-state index contributed by atoms with van der Waals surface area (Å²) in [5.74, 6) is 0.197. The van der Waals surface area contributed by atoms with Gasteiger partial charge in [0.15, 0.2) is 0 Å². The van der Waals surface area contributed by atoms with Gasteiger partial charge in [0, 0.05) is 19.3 Å². The maximum atomic E-state index is 10.1. The maximum absolute atomic E-state index is 10.1. The van der Waals surface area contributed by atoms with Gasteiger partial charge < -0.3 is 9.84 Å². The van der Waals surface area contributed by atoms with Gasteiger partial charge in [-0.15, -0.1) is 11.3 Å². The Bertz CT molecular complexity index is 314. The maximum Gasteiger partial charge on any atom is 0.0835 e. The molecule has 1 aromatic heterocycles. The van der Waals surface area contributed by atoms with E-state index in [0.717, 1.165) is 19.6 Å². The van der Waals surface area contributed by atoms with Crippen molar-refractivity contribution in [3.8, 4) is 0 Å². The van der Waals surface area contributed by atoms with Crippen molar-refractivity contribution >= 4 is 43.2 Å². The van der Waals surface area contributed by atoms with Gasteiger partial charge in [-0.05, 0) is 50.3 Å². The third kappa shape index (κ3) is 3.82. The molecular weight excluding hydrogens is 344 g/mol. The van der Waals surface area contributed by atoms with Gasteiger partial charge in [-0.1, -0.05) is 6.92 Å². The van der Waals surface area contributed by atoms with Crippen LogP contribution in [0.2, 0.25) is 0 Å². The number of hydrogen-bond acceptors (Lipinski definition) is 3. The van der Waals surface area contributed by atoms with Gasteiger partial charge in [-0.25, -0.2) is 0 Å². The number of rotatable bonds is 5. The Labute approximate surface area is 111 Å². The third-order valence-corrected chi connectivity index (χ3v) is 4.70. The molecule has 0 aliphatic rings. The zero-order valence-corrected chi connectivity index (χ0v) is 12.7. The number of halogens is 2. The van der Waals surface area contributed by atoms with Crippen LogP contribution < -0.4 is 0 Å². The van der Waals surface area contributed by atoms with Crippen molar-refractivity contribution in [3.05, 3.63) is 19.2 Å². The normalized spacial score (nSPS) is 15.3. The summed E-state index contributed by atoms with van der Waals surface area (Å²) >= 11 is 8.44. The van der Waals surface area contributed by atoms with Crippen LogP contribution in [0.3, 0.4) is 0 Å². The highest BCUT2D eigenvalue weighted by molar-refractivity contribution is 9.12. The monoisotopic (exact) mass is 356 g/mol. The molecule has 0 aliphatic carbocycles. The Morgan fingerprint density at radius 2 is 2.20 bits per heavy atom. The molecule has 0 saturated carbocycles. The molecule has 15 heavy (non-hydrogen) atoms. The summed E-state index contributed by atoms with van der Waals surface area (Å²) < 4.78 is 7.03. The molecule has 5 heteroatoms. The third-order valence-electron chi connectivity index (χ3n) is 2.32. The van der Waals surface area contributed by atoms with Crippen molar-refractivity contribution in [3.63, 3.8) is 0 Å². The van der Waals surface area contributed by atoms with Crippen LogP contribution in [0.25, 0.3) is 0 Å². The predicted molar refractivity (Wildman–Crippen MR) is 70.3 cm³/mol. The van der Waals surface area contributed by atoms with E-state index in [0.29, 0.717) is 6.61 Å². The molecule has 0 amide bonds. The minimum Gasteiger partial charge on any atom is -0.388 e. The second-order valence-corrected chi connectivity index (χ2v) is 7.23. The van der Waals surface area contributed by atoms with Gasteiger partial charge in [-0.3, -0.25) is 0 Å². The Morgan fingerprint density at radius 3 is 2.67 bits per heavy atom. The first-order valence-electron chi connectivity index (χ1n) is 4.68.